The highest BCUT2D eigenvalue weighted by Gasteiger charge is 1.94. The van der Waals surface area contributed by atoms with Crippen LogP contribution in [0.3, 0.4) is 0 Å². The van der Waals surface area contributed by atoms with Crippen molar-refractivity contribution in [2.75, 3.05) is 5.43 Å². The summed E-state index contributed by atoms with van der Waals surface area (Å²) in [6, 6.07) is 20.0. The topological polar surface area (TPSA) is 24.4 Å². The van der Waals surface area contributed by atoms with Gasteiger partial charge in [0.1, 0.15) is 0 Å². The molecule has 2 heteroatoms. The number of nitrogens with zero attached hydrogens (tertiary/aromatic N) is 1. The van der Waals surface area contributed by atoms with Crippen LogP contribution < -0.4 is 5.43 Å². The molecule has 108 valence electrons. The molecule has 0 fully saturated rings. The summed E-state index contributed by atoms with van der Waals surface area (Å²) in [5.74, 6) is 0. The molecule has 0 aliphatic rings. The van der Waals surface area contributed by atoms with E-state index < -0.39 is 0 Å². The molecule has 0 bridgehead atoms. The number of para-hydroxylation sites is 1. The summed E-state index contributed by atoms with van der Waals surface area (Å²) < 4.78 is 0. The monoisotopic (exact) mass is 270 g/mol. The summed E-state index contributed by atoms with van der Waals surface area (Å²) in [5.41, 5.74) is 6.14. The lowest BCUT2D eigenvalue weighted by Crippen LogP contribution is -1.98. The van der Waals surface area contributed by atoms with Gasteiger partial charge in [-0.3, -0.25) is 5.43 Å². The van der Waals surface area contributed by atoms with Gasteiger partial charge in [-0.05, 0) is 24.6 Å². The Morgan fingerprint density at radius 2 is 1.20 bits per heavy atom. The average Bonchev–Trinajstić information content (AvgIpc) is 2.58. The number of nitrogens with one attached hydrogen (secondary N) is 1. The third kappa shape index (κ3) is 6.74. The van der Waals surface area contributed by atoms with Crippen molar-refractivity contribution in [2.24, 2.45) is 5.10 Å². The molecule has 1 N–H and O–H groups in total. The second-order valence-electron chi connectivity index (χ2n) is 3.54. The summed E-state index contributed by atoms with van der Waals surface area (Å²) in [6.07, 6.45) is 0. The average molecular weight is 270 g/mol. The van der Waals surface area contributed by atoms with Gasteiger partial charge in [0.25, 0.3) is 0 Å². The molecular formula is C18H26N2. The smallest absolute Gasteiger partial charge is 0.0648 e. The van der Waals surface area contributed by atoms with E-state index >= 15 is 0 Å². The zero-order valence-electron chi connectivity index (χ0n) is 13.2. The van der Waals surface area contributed by atoms with Crippen molar-refractivity contribution in [1.82, 2.24) is 0 Å². The highest BCUT2D eigenvalue weighted by Crippen LogP contribution is 2.06. The number of benzene rings is 2. The molecule has 0 aliphatic heterocycles. The molecule has 0 unspecified atom stereocenters. The van der Waals surface area contributed by atoms with Crippen LogP contribution in [0.25, 0.3) is 0 Å². The van der Waals surface area contributed by atoms with Crippen molar-refractivity contribution < 1.29 is 0 Å². The Morgan fingerprint density at radius 1 is 0.750 bits per heavy atom. The summed E-state index contributed by atoms with van der Waals surface area (Å²) in [4.78, 5) is 0. The van der Waals surface area contributed by atoms with Crippen LogP contribution >= 0.6 is 0 Å². The lowest BCUT2D eigenvalue weighted by atomic mass is 10.1. The van der Waals surface area contributed by atoms with Crippen molar-refractivity contribution in [3.63, 3.8) is 0 Å². The van der Waals surface area contributed by atoms with Crippen LogP contribution in [0, 0.1) is 0 Å². The van der Waals surface area contributed by atoms with Crippen LogP contribution in [0.1, 0.15) is 40.2 Å². The molecule has 0 spiro atoms. The highest BCUT2D eigenvalue weighted by molar-refractivity contribution is 5.98. The molecule has 0 aromatic heterocycles. The lowest BCUT2D eigenvalue weighted by molar-refractivity contribution is 1.32. The molecule has 0 radical (unpaired) electrons. The molecular weight excluding hydrogens is 244 g/mol. The molecule has 2 aromatic carbocycles. The molecule has 2 rings (SSSR count). The lowest BCUT2D eigenvalue weighted by Gasteiger charge is -2.02. The Kier molecular flexibility index (Phi) is 10.7. The first-order valence-corrected chi connectivity index (χ1v) is 7.27. The van der Waals surface area contributed by atoms with Crippen molar-refractivity contribution in [1.29, 1.82) is 0 Å². The van der Waals surface area contributed by atoms with Crippen LogP contribution in [0.5, 0.6) is 0 Å². The van der Waals surface area contributed by atoms with Gasteiger partial charge in [0, 0.05) is 0 Å². The van der Waals surface area contributed by atoms with Crippen molar-refractivity contribution >= 4 is 11.4 Å². The van der Waals surface area contributed by atoms with Crippen LogP contribution in [0.2, 0.25) is 0 Å². The minimum Gasteiger partial charge on any atom is -0.278 e. The Bertz CT molecular complexity index is 461. The van der Waals surface area contributed by atoms with Gasteiger partial charge in [0.05, 0.1) is 11.4 Å². The van der Waals surface area contributed by atoms with Gasteiger partial charge in [-0.15, -0.1) is 0 Å². The molecule has 0 heterocycles. The fraction of sp³-hybridized carbons (Fsp3) is 0.278. The van der Waals surface area contributed by atoms with E-state index in [9.17, 15) is 0 Å². The maximum Gasteiger partial charge on any atom is 0.0648 e. The zero-order valence-corrected chi connectivity index (χ0v) is 13.2. The van der Waals surface area contributed by atoms with E-state index in [1.807, 2.05) is 95.3 Å². The van der Waals surface area contributed by atoms with Gasteiger partial charge in [-0.1, -0.05) is 76.2 Å². The van der Waals surface area contributed by atoms with E-state index in [-0.39, 0.29) is 0 Å². The molecule has 20 heavy (non-hydrogen) atoms. The van der Waals surface area contributed by atoms with E-state index in [0.717, 1.165) is 17.0 Å². The maximum absolute atomic E-state index is 4.33. The normalized spacial score (nSPS) is 9.55. The van der Waals surface area contributed by atoms with Crippen molar-refractivity contribution in [2.45, 2.75) is 34.6 Å². The Balaban J connectivity index is 0.000000829. The number of rotatable bonds is 3. The molecule has 2 nitrogen and oxygen atoms in total. The first kappa shape index (κ1) is 17.9. The predicted octanol–water partition coefficient (Wildman–Crippen LogP) is 5.58. The first-order chi connectivity index (χ1) is 9.86. The van der Waals surface area contributed by atoms with Gasteiger partial charge in [-0.25, -0.2) is 0 Å². The molecule has 0 saturated heterocycles. The largest absolute Gasteiger partial charge is 0.278 e. The predicted molar refractivity (Wildman–Crippen MR) is 91.4 cm³/mol. The Morgan fingerprint density at radius 3 is 1.70 bits per heavy atom. The Hall–Kier alpha value is -2.09. The van der Waals surface area contributed by atoms with Crippen LogP contribution in [-0.2, 0) is 0 Å². The van der Waals surface area contributed by atoms with Gasteiger partial charge >= 0.3 is 0 Å². The van der Waals surface area contributed by atoms with E-state index in [1.54, 1.807) is 0 Å². The van der Waals surface area contributed by atoms with Crippen LogP contribution in [-0.4, -0.2) is 5.71 Å². The van der Waals surface area contributed by atoms with E-state index in [4.69, 9.17) is 0 Å². The minimum absolute atomic E-state index is 0.976. The number of hydrogen-bond donors (Lipinski definition) is 1. The summed E-state index contributed by atoms with van der Waals surface area (Å²) >= 11 is 0. The van der Waals surface area contributed by atoms with Gasteiger partial charge in [0.15, 0.2) is 0 Å². The molecule has 0 saturated carbocycles. The van der Waals surface area contributed by atoms with E-state index in [0.29, 0.717) is 0 Å². The SMILES string of the molecule is C/C(=N/Nc1ccccc1)c1ccccc1.CC.CC. The third-order valence-corrected chi connectivity index (χ3v) is 2.32. The third-order valence-electron chi connectivity index (χ3n) is 2.32. The standard InChI is InChI=1S/C14H14N2.2C2H6/c1-12(13-8-4-2-5-9-13)15-16-14-10-6-3-7-11-14;2*1-2/h2-11,16H,1H3;2*1-2H3/b15-12-;;. The zero-order chi connectivity index (χ0) is 15.2. The number of hydrazone groups is 1. The van der Waals surface area contributed by atoms with Crippen molar-refractivity contribution in [3.8, 4) is 0 Å². The van der Waals surface area contributed by atoms with E-state index in [2.05, 4.69) is 10.5 Å². The second-order valence-corrected chi connectivity index (χ2v) is 3.54. The van der Waals surface area contributed by atoms with E-state index in [1.165, 1.54) is 0 Å². The van der Waals surface area contributed by atoms with Crippen LogP contribution in [0.15, 0.2) is 65.8 Å². The van der Waals surface area contributed by atoms with Gasteiger partial charge in [-0.2, -0.15) is 5.10 Å². The molecule has 2 aromatic rings. The number of anilines is 1. The molecule has 0 amide bonds. The summed E-state index contributed by atoms with van der Waals surface area (Å²) in [5, 5.41) is 4.33. The van der Waals surface area contributed by atoms with Gasteiger partial charge < -0.3 is 0 Å². The second kappa shape index (κ2) is 12.0. The summed E-state index contributed by atoms with van der Waals surface area (Å²) in [7, 11) is 0. The Labute approximate surface area is 123 Å². The fourth-order valence-electron chi connectivity index (χ4n) is 1.40. The first-order valence-electron chi connectivity index (χ1n) is 7.27. The number of hydrogen-bond acceptors (Lipinski definition) is 2. The maximum atomic E-state index is 4.33. The molecule has 0 aliphatic carbocycles. The highest BCUT2D eigenvalue weighted by atomic mass is 15.3. The molecule has 0 atom stereocenters. The van der Waals surface area contributed by atoms with Crippen LogP contribution in [0.4, 0.5) is 5.69 Å². The van der Waals surface area contributed by atoms with Crippen molar-refractivity contribution in [3.05, 3.63) is 66.2 Å². The minimum atomic E-state index is 0.976. The fourth-order valence-corrected chi connectivity index (χ4v) is 1.40. The summed E-state index contributed by atoms with van der Waals surface area (Å²) in [6.45, 7) is 9.99. The quantitative estimate of drug-likeness (QED) is 0.572. The van der Waals surface area contributed by atoms with Gasteiger partial charge in [0.2, 0.25) is 0 Å².